The molecule has 102 valence electrons. The van der Waals surface area contributed by atoms with E-state index in [2.05, 4.69) is 44.2 Å². The molecule has 0 saturated heterocycles. The zero-order valence-electron chi connectivity index (χ0n) is 12.1. The first-order valence-corrected chi connectivity index (χ1v) is 7.05. The summed E-state index contributed by atoms with van der Waals surface area (Å²) in [6.45, 7) is 5.67. The summed E-state index contributed by atoms with van der Waals surface area (Å²) in [4.78, 5) is 2.26. The lowest BCUT2D eigenvalue weighted by atomic mass is 9.91. The van der Waals surface area contributed by atoms with Crippen LogP contribution in [0.25, 0.3) is 0 Å². The van der Waals surface area contributed by atoms with Gasteiger partial charge in [-0.2, -0.15) is 0 Å². The monoisotopic (exact) mass is 250 g/mol. The predicted octanol–water partition coefficient (Wildman–Crippen LogP) is 2.83. The number of likely N-dealkylation sites (N-methyl/N-ethyl adjacent to an activating group) is 1. The van der Waals surface area contributed by atoms with Crippen molar-refractivity contribution in [2.75, 3.05) is 20.6 Å². The van der Waals surface area contributed by atoms with Gasteiger partial charge in [0.25, 0.3) is 0 Å². The third kappa shape index (κ3) is 3.15. The van der Waals surface area contributed by atoms with Gasteiger partial charge in [-0.25, -0.2) is 0 Å². The Labute approximate surface area is 111 Å². The van der Waals surface area contributed by atoms with Crippen molar-refractivity contribution in [3.63, 3.8) is 0 Å². The van der Waals surface area contributed by atoms with Crippen LogP contribution in [0.4, 0.5) is 0 Å². The zero-order chi connectivity index (χ0) is 13.1. The second-order valence-electron chi connectivity index (χ2n) is 6.02. The number of fused-ring (bicyclic) bond motifs is 1. The average Bonchev–Trinajstić information content (AvgIpc) is 2.76. The minimum absolute atomic E-state index is 0.472. The van der Waals surface area contributed by atoms with E-state index < -0.39 is 0 Å². The molecule has 0 aliphatic heterocycles. The first-order chi connectivity index (χ1) is 8.58. The normalized spacial score (nSPS) is 21.3. The molecule has 0 radical (unpaired) electrons. The molecule has 0 bridgehead atoms. The van der Waals surface area contributed by atoms with E-state index in [1.807, 2.05) is 6.26 Å². The van der Waals surface area contributed by atoms with E-state index >= 15 is 0 Å². The molecule has 1 aromatic rings. The van der Waals surface area contributed by atoms with Gasteiger partial charge >= 0.3 is 0 Å². The molecule has 0 saturated carbocycles. The van der Waals surface area contributed by atoms with Crippen LogP contribution in [0.3, 0.4) is 0 Å². The van der Waals surface area contributed by atoms with Crippen molar-refractivity contribution >= 4 is 0 Å². The number of hydrogen-bond acceptors (Lipinski definition) is 3. The predicted molar refractivity (Wildman–Crippen MR) is 74.7 cm³/mol. The second kappa shape index (κ2) is 5.89. The molecule has 1 aliphatic rings. The highest BCUT2D eigenvalue weighted by Crippen LogP contribution is 2.31. The van der Waals surface area contributed by atoms with Gasteiger partial charge in [-0.05, 0) is 38.9 Å². The lowest BCUT2D eigenvalue weighted by Gasteiger charge is -2.32. The Morgan fingerprint density at radius 2 is 2.22 bits per heavy atom. The van der Waals surface area contributed by atoms with Crippen LogP contribution in [0.5, 0.6) is 0 Å². The molecule has 18 heavy (non-hydrogen) atoms. The van der Waals surface area contributed by atoms with Crippen molar-refractivity contribution < 1.29 is 4.42 Å². The molecule has 3 heteroatoms. The third-order valence-corrected chi connectivity index (χ3v) is 3.83. The van der Waals surface area contributed by atoms with E-state index in [1.54, 1.807) is 0 Å². The Balaban J connectivity index is 2.04. The van der Waals surface area contributed by atoms with Crippen LogP contribution in [0.15, 0.2) is 16.7 Å². The molecule has 2 rings (SSSR count). The lowest BCUT2D eigenvalue weighted by molar-refractivity contribution is 0.257. The highest BCUT2D eigenvalue weighted by atomic mass is 16.3. The van der Waals surface area contributed by atoms with E-state index in [1.165, 1.54) is 24.2 Å². The van der Waals surface area contributed by atoms with E-state index in [4.69, 9.17) is 4.42 Å². The minimum atomic E-state index is 0.472. The fraction of sp³-hybridized carbons (Fsp3) is 0.733. The smallest absolute Gasteiger partial charge is 0.108 e. The fourth-order valence-electron chi connectivity index (χ4n) is 2.77. The van der Waals surface area contributed by atoms with Crippen LogP contribution in [0, 0.1) is 5.92 Å². The van der Waals surface area contributed by atoms with Gasteiger partial charge in [0.1, 0.15) is 5.76 Å². The SMILES string of the molecule is CC(C)C(CN(C)C)NC1CCCc2occc21. The Bertz CT molecular complexity index is 370. The lowest BCUT2D eigenvalue weighted by Crippen LogP contribution is -2.44. The summed E-state index contributed by atoms with van der Waals surface area (Å²) in [6.07, 6.45) is 5.38. The van der Waals surface area contributed by atoms with Crippen molar-refractivity contribution in [3.05, 3.63) is 23.7 Å². The van der Waals surface area contributed by atoms with E-state index in [-0.39, 0.29) is 0 Å². The number of aryl methyl sites for hydroxylation is 1. The summed E-state index contributed by atoms with van der Waals surface area (Å²) in [7, 11) is 4.28. The molecule has 0 spiro atoms. The maximum absolute atomic E-state index is 5.56. The molecule has 1 heterocycles. The molecule has 1 N–H and O–H groups in total. The Morgan fingerprint density at radius 1 is 1.44 bits per heavy atom. The average molecular weight is 250 g/mol. The summed E-state index contributed by atoms with van der Waals surface area (Å²) in [6, 6.07) is 3.14. The Kier molecular flexibility index (Phi) is 4.46. The van der Waals surface area contributed by atoms with Crippen molar-refractivity contribution in [1.29, 1.82) is 0 Å². The highest BCUT2D eigenvalue weighted by molar-refractivity contribution is 5.24. The largest absolute Gasteiger partial charge is 0.469 e. The molecule has 1 aromatic heterocycles. The summed E-state index contributed by atoms with van der Waals surface area (Å²) in [5.41, 5.74) is 1.38. The topological polar surface area (TPSA) is 28.4 Å². The molecule has 0 amide bonds. The standard InChI is InChI=1S/C15H26N2O/c1-11(2)14(10-17(3)4)16-13-6-5-7-15-12(13)8-9-18-15/h8-9,11,13-14,16H,5-7,10H2,1-4H3. The second-order valence-corrected chi connectivity index (χ2v) is 6.02. The molecular formula is C15H26N2O. The fourth-order valence-corrected chi connectivity index (χ4v) is 2.77. The summed E-state index contributed by atoms with van der Waals surface area (Å²) in [5.74, 6) is 1.83. The first kappa shape index (κ1) is 13.6. The van der Waals surface area contributed by atoms with Crippen molar-refractivity contribution in [2.24, 2.45) is 5.92 Å². The number of nitrogens with one attached hydrogen (secondary N) is 1. The van der Waals surface area contributed by atoms with Crippen LogP contribution in [0.1, 0.15) is 44.1 Å². The van der Waals surface area contributed by atoms with Gasteiger partial charge in [0.15, 0.2) is 0 Å². The quantitative estimate of drug-likeness (QED) is 0.871. The van der Waals surface area contributed by atoms with E-state index in [0.717, 1.165) is 13.0 Å². The molecule has 1 aliphatic carbocycles. The summed E-state index contributed by atoms with van der Waals surface area (Å²) in [5, 5.41) is 3.83. The van der Waals surface area contributed by atoms with Gasteiger partial charge in [0.05, 0.1) is 6.26 Å². The number of nitrogens with zero attached hydrogens (tertiary/aromatic N) is 1. The van der Waals surface area contributed by atoms with Crippen LogP contribution in [-0.2, 0) is 6.42 Å². The van der Waals surface area contributed by atoms with Crippen LogP contribution < -0.4 is 5.32 Å². The van der Waals surface area contributed by atoms with Gasteiger partial charge in [-0.3, -0.25) is 0 Å². The highest BCUT2D eigenvalue weighted by Gasteiger charge is 2.26. The zero-order valence-corrected chi connectivity index (χ0v) is 12.1. The van der Waals surface area contributed by atoms with Crippen LogP contribution >= 0.6 is 0 Å². The first-order valence-electron chi connectivity index (χ1n) is 7.05. The van der Waals surface area contributed by atoms with E-state index in [9.17, 15) is 0 Å². The molecule has 2 unspecified atom stereocenters. The molecule has 0 aromatic carbocycles. The van der Waals surface area contributed by atoms with Crippen LogP contribution in [0.2, 0.25) is 0 Å². The summed E-state index contributed by atoms with van der Waals surface area (Å²) >= 11 is 0. The molecule has 2 atom stereocenters. The third-order valence-electron chi connectivity index (χ3n) is 3.83. The van der Waals surface area contributed by atoms with Gasteiger partial charge in [0.2, 0.25) is 0 Å². The Morgan fingerprint density at radius 3 is 2.89 bits per heavy atom. The summed E-state index contributed by atoms with van der Waals surface area (Å²) < 4.78 is 5.56. The van der Waals surface area contributed by atoms with Crippen LogP contribution in [-0.4, -0.2) is 31.6 Å². The van der Waals surface area contributed by atoms with Gasteiger partial charge in [0, 0.05) is 30.6 Å². The molecule has 3 nitrogen and oxygen atoms in total. The number of hydrogen-bond donors (Lipinski definition) is 1. The maximum Gasteiger partial charge on any atom is 0.108 e. The van der Waals surface area contributed by atoms with Crippen molar-refractivity contribution in [2.45, 2.75) is 45.2 Å². The number of furan rings is 1. The molecule has 0 fully saturated rings. The van der Waals surface area contributed by atoms with Gasteiger partial charge < -0.3 is 14.6 Å². The van der Waals surface area contributed by atoms with Gasteiger partial charge in [-0.15, -0.1) is 0 Å². The number of rotatable bonds is 5. The Hall–Kier alpha value is -0.800. The molecular weight excluding hydrogens is 224 g/mol. The minimum Gasteiger partial charge on any atom is -0.469 e. The van der Waals surface area contributed by atoms with Gasteiger partial charge in [-0.1, -0.05) is 13.8 Å². The van der Waals surface area contributed by atoms with Crippen molar-refractivity contribution in [1.82, 2.24) is 10.2 Å². The maximum atomic E-state index is 5.56. The van der Waals surface area contributed by atoms with E-state index in [0.29, 0.717) is 18.0 Å². The van der Waals surface area contributed by atoms with Crippen molar-refractivity contribution in [3.8, 4) is 0 Å².